The maximum Gasteiger partial charge on any atom is 0.303 e. The molecular formula is C28H40N2O12. The fourth-order valence-electron chi connectivity index (χ4n) is 4.28. The molecule has 0 spiro atoms. The number of hydrogen-bond donors (Lipinski definition) is 1. The fourth-order valence-corrected chi connectivity index (χ4v) is 4.28. The number of rotatable bonds is 14. The minimum absolute atomic E-state index is 0.0955. The van der Waals surface area contributed by atoms with Crippen LogP contribution in [0.25, 0.3) is 0 Å². The van der Waals surface area contributed by atoms with E-state index in [2.05, 4.69) is 10.2 Å². The van der Waals surface area contributed by atoms with Crippen LogP contribution in [0.15, 0.2) is 18.2 Å². The molecule has 1 heterocycles. The molecule has 1 aliphatic heterocycles. The van der Waals surface area contributed by atoms with E-state index in [-0.39, 0.29) is 17.4 Å². The van der Waals surface area contributed by atoms with Gasteiger partial charge in [0.25, 0.3) is 5.91 Å². The second kappa shape index (κ2) is 16.5. The molecule has 1 amide bonds. The lowest BCUT2D eigenvalue weighted by Gasteiger charge is -2.44. The molecule has 0 unspecified atom stereocenters. The van der Waals surface area contributed by atoms with Gasteiger partial charge in [-0.1, -0.05) is 13.8 Å². The fraction of sp³-hybridized carbons (Fsp3) is 0.607. The van der Waals surface area contributed by atoms with Gasteiger partial charge >= 0.3 is 23.9 Å². The van der Waals surface area contributed by atoms with Gasteiger partial charge in [-0.15, -0.1) is 0 Å². The Morgan fingerprint density at radius 2 is 1.43 bits per heavy atom. The normalized spacial score (nSPS) is 21.6. The summed E-state index contributed by atoms with van der Waals surface area (Å²) in [5, 5.41) is 2.86. The molecule has 1 saturated heterocycles. The van der Waals surface area contributed by atoms with Gasteiger partial charge in [0, 0.05) is 46.3 Å². The average Bonchev–Trinajstić information content (AvgIpc) is 2.92. The summed E-state index contributed by atoms with van der Waals surface area (Å²) in [7, 11) is 1.37. The molecule has 14 nitrogen and oxygen atoms in total. The van der Waals surface area contributed by atoms with Crippen LogP contribution in [0.4, 0.5) is 0 Å². The molecule has 14 heteroatoms. The second-order valence-electron chi connectivity index (χ2n) is 9.33. The molecule has 0 aromatic heterocycles. The number of methoxy groups -OCH3 is 1. The van der Waals surface area contributed by atoms with Crippen LogP contribution in [-0.2, 0) is 42.9 Å². The highest BCUT2D eigenvalue weighted by Crippen LogP contribution is 2.35. The van der Waals surface area contributed by atoms with Crippen molar-refractivity contribution in [3.05, 3.63) is 23.8 Å². The van der Waals surface area contributed by atoms with Crippen molar-refractivity contribution >= 4 is 29.8 Å². The summed E-state index contributed by atoms with van der Waals surface area (Å²) in [5.74, 6) is -3.00. The summed E-state index contributed by atoms with van der Waals surface area (Å²) in [6.07, 6.45) is -6.76. The topological polar surface area (TPSA) is 165 Å². The van der Waals surface area contributed by atoms with Gasteiger partial charge in [-0.3, -0.25) is 24.0 Å². The Labute approximate surface area is 244 Å². The van der Waals surface area contributed by atoms with Crippen molar-refractivity contribution in [2.24, 2.45) is 0 Å². The lowest BCUT2D eigenvalue weighted by Crippen LogP contribution is -2.63. The van der Waals surface area contributed by atoms with Gasteiger partial charge in [-0.2, -0.15) is 0 Å². The summed E-state index contributed by atoms with van der Waals surface area (Å²) in [6, 6.07) is 4.44. The summed E-state index contributed by atoms with van der Waals surface area (Å²) in [4.78, 5) is 62.4. The first-order chi connectivity index (χ1) is 19.9. The smallest absolute Gasteiger partial charge is 0.303 e. The van der Waals surface area contributed by atoms with Crippen LogP contribution in [0.3, 0.4) is 0 Å². The molecule has 5 atom stereocenters. The number of likely N-dealkylation sites (N-methyl/N-ethyl adjacent to an activating group) is 1. The molecule has 1 aliphatic rings. The molecule has 0 saturated carbocycles. The van der Waals surface area contributed by atoms with E-state index in [1.54, 1.807) is 0 Å². The van der Waals surface area contributed by atoms with Gasteiger partial charge in [-0.25, -0.2) is 0 Å². The van der Waals surface area contributed by atoms with Crippen molar-refractivity contribution in [1.82, 2.24) is 10.2 Å². The minimum atomic E-state index is -1.45. The van der Waals surface area contributed by atoms with Crippen LogP contribution in [0, 0.1) is 0 Å². The first kappa shape index (κ1) is 34.3. The number of nitrogens with one attached hydrogen (secondary N) is 1. The maximum absolute atomic E-state index is 12.7. The van der Waals surface area contributed by atoms with Crippen molar-refractivity contribution in [3.8, 4) is 11.5 Å². The van der Waals surface area contributed by atoms with E-state index in [0.717, 1.165) is 33.9 Å². The third kappa shape index (κ3) is 10.2. The van der Waals surface area contributed by atoms with Gasteiger partial charge in [0.1, 0.15) is 12.7 Å². The van der Waals surface area contributed by atoms with Crippen LogP contribution in [0.5, 0.6) is 11.5 Å². The Hall–Kier alpha value is -3.91. The van der Waals surface area contributed by atoms with E-state index in [9.17, 15) is 24.0 Å². The summed E-state index contributed by atoms with van der Waals surface area (Å²) in [6.45, 7) is 11.1. The number of carbonyl (C=O) groups is 5. The van der Waals surface area contributed by atoms with Crippen LogP contribution in [0.1, 0.15) is 51.9 Å². The van der Waals surface area contributed by atoms with E-state index >= 15 is 0 Å². The predicted octanol–water partition coefficient (Wildman–Crippen LogP) is 1.23. The number of esters is 4. The Kier molecular flexibility index (Phi) is 13.5. The Bertz CT molecular complexity index is 1110. The standard InChI is InChI=1S/C28H40N2O12/c1-8-30(9-2)13-12-29-27(35)20-10-11-21(22(14-20)36-7)41-28-26(40-19(6)34)25(39-18(5)33)24(38-17(4)32)23(42-28)15-37-16(3)31/h10-11,14,23-26,28H,8-9,12-13,15H2,1-7H3,(H,29,35)/t23-,24+,25+,26+,28-/m0/s1. The maximum atomic E-state index is 12.7. The zero-order valence-electron chi connectivity index (χ0n) is 25.0. The zero-order chi connectivity index (χ0) is 31.4. The molecule has 0 radical (unpaired) electrons. The Morgan fingerprint density at radius 1 is 0.833 bits per heavy atom. The van der Waals surface area contributed by atoms with Crippen molar-refractivity contribution < 1.29 is 57.1 Å². The third-order valence-electron chi connectivity index (χ3n) is 6.23. The van der Waals surface area contributed by atoms with Crippen molar-refractivity contribution in [1.29, 1.82) is 0 Å². The molecule has 0 aliphatic carbocycles. The quantitative estimate of drug-likeness (QED) is 0.241. The van der Waals surface area contributed by atoms with Crippen molar-refractivity contribution in [3.63, 3.8) is 0 Å². The highest BCUT2D eigenvalue weighted by molar-refractivity contribution is 5.94. The molecule has 0 bridgehead atoms. The van der Waals surface area contributed by atoms with Crippen LogP contribution in [0.2, 0.25) is 0 Å². The molecule has 1 fully saturated rings. The number of nitrogens with zero attached hydrogens (tertiary/aromatic N) is 1. The average molecular weight is 597 g/mol. The number of ether oxygens (including phenoxy) is 7. The van der Waals surface area contributed by atoms with Gasteiger partial charge < -0.3 is 43.4 Å². The van der Waals surface area contributed by atoms with E-state index in [1.807, 2.05) is 13.8 Å². The highest BCUT2D eigenvalue weighted by atomic mass is 16.7. The van der Waals surface area contributed by atoms with Crippen LogP contribution >= 0.6 is 0 Å². The van der Waals surface area contributed by atoms with Crippen molar-refractivity contribution in [2.75, 3.05) is 39.9 Å². The number of benzene rings is 1. The first-order valence-corrected chi connectivity index (χ1v) is 13.6. The Balaban J connectivity index is 2.39. The molecule has 1 aromatic rings. The largest absolute Gasteiger partial charge is 0.493 e. The molecule has 234 valence electrons. The molecule has 1 aromatic carbocycles. The van der Waals surface area contributed by atoms with Crippen LogP contribution in [-0.4, -0.2) is 105 Å². The molecular weight excluding hydrogens is 556 g/mol. The Morgan fingerprint density at radius 3 is 1.98 bits per heavy atom. The van der Waals surface area contributed by atoms with Gasteiger partial charge in [0.05, 0.1) is 7.11 Å². The zero-order valence-corrected chi connectivity index (χ0v) is 25.0. The van der Waals surface area contributed by atoms with Gasteiger partial charge in [0.2, 0.25) is 12.4 Å². The van der Waals surface area contributed by atoms with E-state index in [0.29, 0.717) is 18.7 Å². The summed E-state index contributed by atoms with van der Waals surface area (Å²) < 4.78 is 38.7. The first-order valence-electron chi connectivity index (χ1n) is 13.6. The van der Waals surface area contributed by atoms with Gasteiger partial charge in [-0.05, 0) is 31.3 Å². The van der Waals surface area contributed by atoms with Crippen molar-refractivity contribution in [2.45, 2.75) is 72.2 Å². The number of amides is 1. The second-order valence-corrected chi connectivity index (χ2v) is 9.33. The molecule has 42 heavy (non-hydrogen) atoms. The third-order valence-corrected chi connectivity index (χ3v) is 6.23. The summed E-state index contributed by atoms with van der Waals surface area (Å²) >= 11 is 0. The molecule has 2 rings (SSSR count). The minimum Gasteiger partial charge on any atom is -0.493 e. The number of carbonyl (C=O) groups excluding carboxylic acids is 5. The van der Waals surface area contributed by atoms with Gasteiger partial charge in [0.15, 0.2) is 23.7 Å². The van der Waals surface area contributed by atoms with Crippen LogP contribution < -0.4 is 14.8 Å². The monoisotopic (exact) mass is 596 g/mol. The lowest BCUT2D eigenvalue weighted by atomic mass is 9.98. The predicted molar refractivity (Wildman–Crippen MR) is 146 cm³/mol. The number of hydrogen-bond acceptors (Lipinski definition) is 13. The molecule has 1 N–H and O–H groups in total. The van der Waals surface area contributed by atoms with E-state index in [4.69, 9.17) is 33.2 Å². The van der Waals surface area contributed by atoms with E-state index in [1.165, 1.54) is 32.2 Å². The van der Waals surface area contributed by atoms with E-state index < -0.39 is 61.2 Å². The lowest BCUT2D eigenvalue weighted by molar-refractivity contribution is -0.288. The highest BCUT2D eigenvalue weighted by Gasteiger charge is 2.53. The SMILES string of the molecule is CCN(CC)CCNC(=O)c1ccc(O[C@H]2O[C@@H](COC(C)=O)[C@@H](OC(C)=O)[C@@H](OC(C)=O)[C@H]2OC(C)=O)c(OC)c1. The summed E-state index contributed by atoms with van der Waals surface area (Å²) in [5.41, 5.74) is 0.306.